The number of aliphatic hydroxyl groups excluding tert-OH is 1. The summed E-state index contributed by atoms with van der Waals surface area (Å²) in [5.74, 6) is 0.331. The van der Waals surface area contributed by atoms with Gasteiger partial charge in [-0.05, 0) is 12.1 Å². The summed E-state index contributed by atoms with van der Waals surface area (Å²) >= 11 is 6.08. The molecule has 0 saturated heterocycles. The summed E-state index contributed by atoms with van der Waals surface area (Å²) in [6, 6.07) is 5.44. The first-order valence-corrected chi connectivity index (χ1v) is 6.19. The van der Waals surface area contributed by atoms with E-state index in [0.29, 0.717) is 17.1 Å². The van der Waals surface area contributed by atoms with Crippen LogP contribution in [0.5, 0.6) is 11.5 Å². The molecule has 21 heavy (non-hydrogen) atoms. The molecule has 7 nitrogen and oxygen atoms in total. The number of nitro groups is 1. The summed E-state index contributed by atoms with van der Waals surface area (Å²) in [6.45, 7) is 0. The highest BCUT2D eigenvalue weighted by Crippen LogP contribution is 2.38. The lowest BCUT2D eigenvalue weighted by molar-refractivity contribution is -0.402. The average molecular weight is 314 g/mol. The Kier molecular flexibility index (Phi) is 4.35. The van der Waals surface area contributed by atoms with Crippen molar-refractivity contribution in [3.63, 3.8) is 0 Å². The highest BCUT2D eigenvalue weighted by Gasteiger charge is 2.23. The van der Waals surface area contributed by atoms with Crippen molar-refractivity contribution < 1.29 is 23.9 Å². The molecule has 0 saturated carbocycles. The normalized spacial score (nSPS) is 12.0. The second-order valence-electron chi connectivity index (χ2n) is 4.06. The predicted octanol–water partition coefficient (Wildman–Crippen LogP) is 2.94. The van der Waals surface area contributed by atoms with E-state index in [2.05, 4.69) is 0 Å². The molecular weight excluding hydrogens is 302 g/mol. The summed E-state index contributed by atoms with van der Waals surface area (Å²) in [5.41, 5.74) is 0.290. The van der Waals surface area contributed by atoms with Gasteiger partial charge in [0.15, 0.2) is 11.5 Å². The van der Waals surface area contributed by atoms with Gasteiger partial charge in [-0.25, -0.2) is 0 Å². The van der Waals surface area contributed by atoms with Crippen molar-refractivity contribution in [2.24, 2.45) is 0 Å². The fourth-order valence-corrected chi connectivity index (χ4v) is 2.08. The van der Waals surface area contributed by atoms with E-state index in [1.807, 2.05) is 0 Å². The lowest BCUT2D eigenvalue weighted by Gasteiger charge is -2.14. The van der Waals surface area contributed by atoms with Crippen molar-refractivity contribution in [3.05, 3.63) is 50.7 Å². The Morgan fingerprint density at radius 1 is 1.29 bits per heavy atom. The molecule has 1 atom stereocenters. The Morgan fingerprint density at radius 3 is 2.43 bits per heavy atom. The van der Waals surface area contributed by atoms with Crippen molar-refractivity contribution in [1.82, 2.24) is 0 Å². The lowest BCUT2D eigenvalue weighted by atomic mass is 10.1. The lowest BCUT2D eigenvalue weighted by Crippen LogP contribution is -2.01. The van der Waals surface area contributed by atoms with E-state index in [9.17, 15) is 15.2 Å². The zero-order chi connectivity index (χ0) is 15.6. The number of aliphatic hydroxyl groups is 1. The summed E-state index contributed by atoms with van der Waals surface area (Å²) in [4.78, 5) is 9.90. The smallest absolute Gasteiger partial charge is 0.433 e. The van der Waals surface area contributed by atoms with Gasteiger partial charge in [-0.2, -0.15) is 0 Å². The van der Waals surface area contributed by atoms with Gasteiger partial charge in [0, 0.05) is 11.6 Å². The highest BCUT2D eigenvalue weighted by atomic mass is 35.5. The maximum absolute atomic E-state index is 10.6. The molecule has 112 valence electrons. The molecule has 0 spiro atoms. The largest absolute Gasteiger partial charge is 0.493 e. The second-order valence-corrected chi connectivity index (χ2v) is 4.47. The van der Waals surface area contributed by atoms with Crippen LogP contribution >= 0.6 is 11.6 Å². The topological polar surface area (TPSA) is 95.0 Å². The fraction of sp³-hybridized carbons (Fsp3) is 0.231. The molecular formula is C13H12ClNO6. The maximum atomic E-state index is 10.6. The van der Waals surface area contributed by atoms with Gasteiger partial charge < -0.3 is 19.0 Å². The molecule has 2 aromatic rings. The molecule has 0 fully saturated rings. The van der Waals surface area contributed by atoms with Crippen LogP contribution < -0.4 is 9.47 Å². The third kappa shape index (κ3) is 2.93. The van der Waals surface area contributed by atoms with Crippen molar-refractivity contribution in [3.8, 4) is 11.5 Å². The van der Waals surface area contributed by atoms with E-state index in [4.69, 9.17) is 25.5 Å². The van der Waals surface area contributed by atoms with Gasteiger partial charge in [0.05, 0.1) is 25.3 Å². The van der Waals surface area contributed by atoms with Crippen LogP contribution in [0.4, 0.5) is 5.88 Å². The van der Waals surface area contributed by atoms with E-state index in [1.165, 1.54) is 32.4 Å². The fourth-order valence-electron chi connectivity index (χ4n) is 1.82. The number of halogens is 1. The SMILES string of the molecule is COc1cc(Cl)c(C(O)c2ccc([N+](=O)[O-])o2)cc1OC. The molecule has 2 rings (SSSR count). The van der Waals surface area contributed by atoms with Gasteiger partial charge in [0.2, 0.25) is 0 Å². The number of rotatable bonds is 5. The van der Waals surface area contributed by atoms with Crippen LogP contribution in [-0.2, 0) is 0 Å². The maximum Gasteiger partial charge on any atom is 0.433 e. The van der Waals surface area contributed by atoms with E-state index in [1.54, 1.807) is 0 Å². The predicted molar refractivity (Wildman–Crippen MR) is 74.0 cm³/mol. The number of hydrogen-bond acceptors (Lipinski definition) is 6. The summed E-state index contributed by atoms with van der Waals surface area (Å²) in [7, 11) is 2.90. The molecule has 1 heterocycles. The van der Waals surface area contributed by atoms with Crippen molar-refractivity contribution in [2.75, 3.05) is 14.2 Å². The Balaban J connectivity index is 2.42. The monoisotopic (exact) mass is 313 g/mol. The van der Waals surface area contributed by atoms with Crippen LogP contribution in [-0.4, -0.2) is 24.2 Å². The van der Waals surface area contributed by atoms with Crippen LogP contribution in [0.15, 0.2) is 28.7 Å². The van der Waals surface area contributed by atoms with Crippen LogP contribution in [0.3, 0.4) is 0 Å². The highest BCUT2D eigenvalue weighted by molar-refractivity contribution is 6.31. The molecule has 0 amide bonds. The quantitative estimate of drug-likeness (QED) is 0.673. The molecule has 1 unspecified atom stereocenters. The van der Waals surface area contributed by atoms with Gasteiger partial charge in [-0.3, -0.25) is 10.1 Å². The van der Waals surface area contributed by atoms with Gasteiger partial charge in [-0.1, -0.05) is 11.6 Å². The first-order valence-electron chi connectivity index (χ1n) is 5.81. The molecule has 8 heteroatoms. The molecule has 1 aromatic carbocycles. The van der Waals surface area contributed by atoms with Crippen LogP contribution in [0.2, 0.25) is 5.02 Å². The Bertz CT molecular complexity index is 669. The molecule has 1 aromatic heterocycles. The van der Waals surface area contributed by atoms with Crippen molar-refractivity contribution in [1.29, 1.82) is 0 Å². The molecule has 0 aliphatic rings. The Labute approximate surface area is 124 Å². The molecule has 0 aliphatic heterocycles. The first-order chi connectivity index (χ1) is 9.97. The van der Waals surface area contributed by atoms with Gasteiger partial charge in [0.25, 0.3) is 0 Å². The van der Waals surface area contributed by atoms with Crippen molar-refractivity contribution >= 4 is 17.5 Å². The first kappa shape index (κ1) is 15.1. The van der Waals surface area contributed by atoms with Crippen LogP contribution in [0.1, 0.15) is 17.4 Å². The molecule has 0 radical (unpaired) electrons. The van der Waals surface area contributed by atoms with Crippen LogP contribution in [0.25, 0.3) is 0 Å². The third-order valence-corrected chi connectivity index (χ3v) is 3.19. The Morgan fingerprint density at radius 2 is 1.90 bits per heavy atom. The van der Waals surface area contributed by atoms with Gasteiger partial charge >= 0.3 is 5.88 Å². The number of ether oxygens (including phenoxy) is 2. The zero-order valence-corrected chi connectivity index (χ0v) is 12.0. The average Bonchev–Trinajstić information content (AvgIpc) is 2.96. The minimum atomic E-state index is -1.26. The zero-order valence-electron chi connectivity index (χ0n) is 11.2. The molecule has 1 N–H and O–H groups in total. The Hall–Kier alpha value is -2.25. The van der Waals surface area contributed by atoms with Gasteiger partial charge in [-0.15, -0.1) is 0 Å². The minimum absolute atomic E-state index is 0.0100. The standard InChI is InChI=1S/C13H12ClNO6/c1-19-10-5-7(8(14)6-11(10)20-2)13(16)9-3-4-12(21-9)15(17)18/h3-6,13,16H,1-2H3. The van der Waals surface area contributed by atoms with E-state index in [0.717, 1.165) is 6.07 Å². The van der Waals surface area contributed by atoms with E-state index < -0.39 is 16.9 Å². The second kappa shape index (κ2) is 6.02. The third-order valence-electron chi connectivity index (χ3n) is 2.86. The van der Waals surface area contributed by atoms with Crippen molar-refractivity contribution in [2.45, 2.75) is 6.10 Å². The summed E-state index contributed by atoms with van der Waals surface area (Å²) < 4.78 is 15.2. The summed E-state index contributed by atoms with van der Waals surface area (Å²) in [6.07, 6.45) is -1.26. The van der Waals surface area contributed by atoms with E-state index in [-0.39, 0.29) is 10.8 Å². The number of methoxy groups -OCH3 is 2. The van der Waals surface area contributed by atoms with Crippen LogP contribution in [0, 0.1) is 10.1 Å². The number of hydrogen-bond donors (Lipinski definition) is 1. The number of benzene rings is 1. The molecule has 0 bridgehead atoms. The minimum Gasteiger partial charge on any atom is -0.493 e. The van der Waals surface area contributed by atoms with Gasteiger partial charge in [0.1, 0.15) is 16.8 Å². The van der Waals surface area contributed by atoms with E-state index >= 15 is 0 Å². The number of nitrogens with zero attached hydrogens (tertiary/aromatic N) is 1. The number of furan rings is 1. The summed E-state index contributed by atoms with van der Waals surface area (Å²) in [5, 5.41) is 21.1. The molecule has 0 aliphatic carbocycles.